The summed E-state index contributed by atoms with van der Waals surface area (Å²) in [5.74, 6) is -0.101. The molecule has 1 amide bonds. The maximum atomic E-state index is 12.2. The molecule has 0 aliphatic carbocycles. The molecule has 3 N–H and O–H groups in total. The summed E-state index contributed by atoms with van der Waals surface area (Å²) >= 11 is 4.95. The number of amides is 1. The molecular formula is C22H32N2O3S. The zero-order valence-corrected chi connectivity index (χ0v) is 18.5. The number of hydrogen-bond acceptors (Lipinski definition) is 4. The SMILES string of the molecule is C=CC(=O)NC(=S)NCC(=O)CCc1cc(C(C)(C)C)c(O)c(C(C)(C)C)c1. The van der Waals surface area contributed by atoms with Crippen molar-refractivity contribution < 1.29 is 14.7 Å². The lowest BCUT2D eigenvalue weighted by Gasteiger charge is -2.28. The Kier molecular flexibility index (Phi) is 7.94. The largest absolute Gasteiger partial charge is 0.507 e. The van der Waals surface area contributed by atoms with E-state index < -0.39 is 5.91 Å². The first-order chi connectivity index (χ1) is 12.8. The molecule has 1 aromatic carbocycles. The van der Waals surface area contributed by atoms with Crippen LogP contribution in [0.2, 0.25) is 0 Å². The van der Waals surface area contributed by atoms with Crippen molar-refractivity contribution in [3.8, 4) is 5.75 Å². The molecule has 0 saturated heterocycles. The molecule has 28 heavy (non-hydrogen) atoms. The van der Waals surface area contributed by atoms with Crippen LogP contribution < -0.4 is 10.6 Å². The lowest BCUT2D eigenvalue weighted by atomic mass is 9.78. The summed E-state index contributed by atoms with van der Waals surface area (Å²) in [7, 11) is 0. The van der Waals surface area contributed by atoms with Crippen molar-refractivity contribution in [1.29, 1.82) is 0 Å². The third-order valence-electron chi connectivity index (χ3n) is 4.35. The molecule has 0 spiro atoms. The van der Waals surface area contributed by atoms with E-state index >= 15 is 0 Å². The summed E-state index contributed by atoms with van der Waals surface area (Å²) in [5.41, 5.74) is 2.37. The standard InChI is InChI=1S/C22H32N2O3S/c1-8-18(26)24-20(28)23-13-15(25)10-9-14-11-16(21(2,3)4)19(27)17(12-14)22(5,6)7/h8,11-12,27H,1,9-10,13H2,2-7H3,(H2,23,24,26,28). The van der Waals surface area contributed by atoms with Crippen LogP contribution in [-0.4, -0.2) is 28.5 Å². The van der Waals surface area contributed by atoms with E-state index in [0.717, 1.165) is 22.8 Å². The molecular weight excluding hydrogens is 372 g/mol. The Morgan fingerprint density at radius 3 is 2.04 bits per heavy atom. The zero-order valence-electron chi connectivity index (χ0n) is 17.7. The van der Waals surface area contributed by atoms with Crippen molar-refractivity contribution in [2.24, 2.45) is 0 Å². The number of carbonyl (C=O) groups excluding carboxylic acids is 2. The highest BCUT2D eigenvalue weighted by Gasteiger charge is 2.26. The molecule has 0 heterocycles. The lowest BCUT2D eigenvalue weighted by Crippen LogP contribution is -2.40. The fraction of sp³-hybridized carbons (Fsp3) is 0.500. The van der Waals surface area contributed by atoms with Gasteiger partial charge in [-0.15, -0.1) is 0 Å². The van der Waals surface area contributed by atoms with E-state index in [1.54, 1.807) is 0 Å². The number of aromatic hydroxyl groups is 1. The van der Waals surface area contributed by atoms with Crippen LogP contribution in [0.25, 0.3) is 0 Å². The van der Waals surface area contributed by atoms with Crippen LogP contribution in [0.5, 0.6) is 5.75 Å². The van der Waals surface area contributed by atoms with Crippen molar-refractivity contribution in [2.75, 3.05) is 6.54 Å². The van der Waals surface area contributed by atoms with Gasteiger partial charge in [-0.3, -0.25) is 14.9 Å². The molecule has 0 aliphatic heterocycles. The molecule has 0 unspecified atom stereocenters. The fourth-order valence-corrected chi connectivity index (χ4v) is 2.91. The average molecular weight is 405 g/mol. The summed E-state index contributed by atoms with van der Waals surface area (Å²) in [6.45, 7) is 15.8. The van der Waals surface area contributed by atoms with Crippen LogP contribution in [0.15, 0.2) is 24.8 Å². The number of carbonyl (C=O) groups is 2. The van der Waals surface area contributed by atoms with Gasteiger partial charge in [-0.05, 0) is 52.2 Å². The quantitative estimate of drug-likeness (QED) is 0.498. The average Bonchev–Trinajstić information content (AvgIpc) is 2.56. The number of phenolic OH excluding ortho intramolecular Hbond substituents is 1. The van der Waals surface area contributed by atoms with E-state index in [9.17, 15) is 14.7 Å². The van der Waals surface area contributed by atoms with Crippen LogP contribution in [0.4, 0.5) is 0 Å². The van der Waals surface area contributed by atoms with Gasteiger partial charge in [-0.25, -0.2) is 0 Å². The predicted octanol–water partition coefficient (Wildman–Crippen LogP) is 3.67. The number of Topliss-reactive ketones (excluding diaryl/α,β-unsaturated/α-hetero) is 1. The third kappa shape index (κ3) is 7.08. The lowest BCUT2D eigenvalue weighted by molar-refractivity contribution is -0.118. The molecule has 5 nitrogen and oxygen atoms in total. The Labute approximate surface area is 173 Å². The fourth-order valence-electron chi connectivity index (χ4n) is 2.74. The molecule has 6 heteroatoms. The molecule has 0 bridgehead atoms. The predicted molar refractivity (Wildman–Crippen MR) is 118 cm³/mol. The van der Waals surface area contributed by atoms with Gasteiger partial charge in [0, 0.05) is 6.42 Å². The van der Waals surface area contributed by atoms with Gasteiger partial charge >= 0.3 is 0 Å². The minimum absolute atomic E-state index is 0.0158. The van der Waals surface area contributed by atoms with E-state index in [2.05, 4.69) is 58.8 Å². The first-order valence-corrected chi connectivity index (χ1v) is 9.76. The number of hydrogen-bond donors (Lipinski definition) is 3. The van der Waals surface area contributed by atoms with E-state index in [1.807, 2.05) is 12.1 Å². The van der Waals surface area contributed by atoms with Gasteiger partial charge in [-0.1, -0.05) is 60.3 Å². The second kappa shape index (κ2) is 9.32. The molecule has 0 aromatic heterocycles. The first-order valence-electron chi connectivity index (χ1n) is 9.35. The maximum Gasteiger partial charge on any atom is 0.249 e. The number of benzene rings is 1. The van der Waals surface area contributed by atoms with Gasteiger partial charge in [0.15, 0.2) is 10.9 Å². The zero-order chi connectivity index (χ0) is 21.7. The summed E-state index contributed by atoms with van der Waals surface area (Å²) < 4.78 is 0. The highest BCUT2D eigenvalue weighted by atomic mass is 32.1. The van der Waals surface area contributed by atoms with Crippen LogP contribution in [0.3, 0.4) is 0 Å². The third-order valence-corrected chi connectivity index (χ3v) is 4.59. The van der Waals surface area contributed by atoms with Crippen LogP contribution in [-0.2, 0) is 26.8 Å². The number of aryl methyl sites for hydroxylation is 1. The van der Waals surface area contributed by atoms with Crippen molar-refractivity contribution in [3.63, 3.8) is 0 Å². The van der Waals surface area contributed by atoms with E-state index in [0.29, 0.717) is 18.6 Å². The van der Waals surface area contributed by atoms with Gasteiger partial charge in [0.2, 0.25) is 5.91 Å². The van der Waals surface area contributed by atoms with Crippen molar-refractivity contribution in [2.45, 2.75) is 65.2 Å². The van der Waals surface area contributed by atoms with E-state index in [1.165, 1.54) is 0 Å². The molecule has 0 atom stereocenters. The molecule has 1 aromatic rings. The Balaban J connectivity index is 2.86. The minimum Gasteiger partial charge on any atom is -0.507 e. The maximum absolute atomic E-state index is 12.2. The number of phenols is 1. The van der Waals surface area contributed by atoms with Crippen LogP contribution >= 0.6 is 12.2 Å². The van der Waals surface area contributed by atoms with Crippen LogP contribution in [0.1, 0.15) is 64.7 Å². The second-order valence-corrected chi connectivity index (χ2v) is 9.36. The van der Waals surface area contributed by atoms with Gasteiger partial charge in [0.1, 0.15) is 5.75 Å². The van der Waals surface area contributed by atoms with Crippen molar-refractivity contribution in [1.82, 2.24) is 10.6 Å². The molecule has 0 aliphatic rings. The second-order valence-electron chi connectivity index (χ2n) is 8.95. The molecule has 1 rings (SSSR count). The Hall–Kier alpha value is -2.21. The molecule has 0 saturated carbocycles. The number of thiocarbonyl (C=S) groups is 1. The molecule has 0 fully saturated rings. The summed E-state index contributed by atoms with van der Waals surface area (Å²) in [6, 6.07) is 3.97. The highest BCUT2D eigenvalue weighted by molar-refractivity contribution is 7.80. The molecule has 0 radical (unpaired) electrons. The number of ketones is 1. The number of rotatable bonds is 6. The Morgan fingerprint density at radius 2 is 1.61 bits per heavy atom. The summed E-state index contributed by atoms with van der Waals surface area (Å²) in [6.07, 6.45) is 2.02. The minimum atomic E-state index is -0.418. The Bertz CT molecular complexity index is 736. The Morgan fingerprint density at radius 1 is 1.11 bits per heavy atom. The normalized spacial score (nSPS) is 11.6. The smallest absolute Gasteiger partial charge is 0.249 e. The van der Waals surface area contributed by atoms with Gasteiger partial charge in [-0.2, -0.15) is 0 Å². The monoisotopic (exact) mass is 404 g/mol. The highest BCUT2D eigenvalue weighted by Crippen LogP contribution is 2.39. The summed E-state index contributed by atoms with van der Waals surface area (Å²) in [5, 5.41) is 16.0. The van der Waals surface area contributed by atoms with Crippen molar-refractivity contribution in [3.05, 3.63) is 41.5 Å². The van der Waals surface area contributed by atoms with E-state index in [-0.39, 0.29) is 28.3 Å². The van der Waals surface area contributed by atoms with Gasteiger partial charge in [0.25, 0.3) is 0 Å². The van der Waals surface area contributed by atoms with E-state index in [4.69, 9.17) is 12.2 Å². The van der Waals surface area contributed by atoms with Crippen LogP contribution in [0, 0.1) is 0 Å². The topological polar surface area (TPSA) is 78.4 Å². The molecule has 154 valence electrons. The number of nitrogens with one attached hydrogen (secondary N) is 2. The van der Waals surface area contributed by atoms with Crippen molar-refractivity contribution >= 4 is 29.0 Å². The summed E-state index contributed by atoms with van der Waals surface area (Å²) in [4.78, 5) is 23.4. The van der Waals surface area contributed by atoms with Gasteiger partial charge < -0.3 is 10.4 Å². The van der Waals surface area contributed by atoms with Gasteiger partial charge in [0.05, 0.1) is 6.54 Å². The first kappa shape index (κ1) is 23.8.